The zero-order valence-corrected chi connectivity index (χ0v) is 14.1. The highest BCUT2D eigenvalue weighted by molar-refractivity contribution is 5.94. The van der Waals surface area contributed by atoms with E-state index in [4.69, 9.17) is 9.47 Å². The lowest BCUT2D eigenvalue weighted by atomic mass is 9.99. The van der Waals surface area contributed by atoms with Crippen molar-refractivity contribution in [2.45, 2.75) is 38.9 Å². The maximum Gasteiger partial charge on any atom is 0.272 e. The standard InChI is InChI=1S/C17H22N4O3/c1-10-8-13-15(11(2)24-10)20-21-16(13)17(22)19-7-4-12-9-18-6-5-14(12)23-3/h5-6,9-11H,4,7-8H2,1-3H3,(H,19,22)(H,20,21)/t10-,11+/m0/s1. The second-order valence-electron chi connectivity index (χ2n) is 5.95. The monoisotopic (exact) mass is 330 g/mol. The molecule has 2 N–H and O–H groups in total. The SMILES string of the molecule is COc1ccncc1CCNC(=O)c1n[nH]c2c1C[C@H](C)O[C@@H]2C. The van der Waals surface area contributed by atoms with E-state index in [2.05, 4.69) is 20.5 Å². The summed E-state index contributed by atoms with van der Waals surface area (Å²) in [5, 5.41) is 10.0. The molecule has 128 valence electrons. The number of aromatic nitrogens is 3. The number of carbonyl (C=O) groups excluding carboxylic acids is 1. The van der Waals surface area contributed by atoms with E-state index in [1.165, 1.54) is 0 Å². The Hall–Kier alpha value is -2.41. The van der Waals surface area contributed by atoms with E-state index in [0.717, 1.165) is 22.6 Å². The average Bonchev–Trinajstić information content (AvgIpc) is 2.99. The Morgan fingerprint density at radius 1 is 1.50 bits per heavy atom. The molecule has 0 spiro atoms. The van der Waals surface area contributed by atoms with Gasteiger partial charge in [-0.05, 0) is 26.3 Å². The molecule has 2 aromatic heterocycles. The van der Waals surface area contributed by atoms with Gasteiger partial charge in [0.25, 0.3) is 5.91 Å². The number of rotatable bonds is 5. The van der Waals surface area contributed by atoms with Crippen LogP contribution in [0.3, 0.4) is 0 Å². The van der Waals surface area contributed by atoms with Crippen molar-refractivity contribution in [3.8, 4) is 5.75 Å². The Kier molecular flexibility index (Phi) is 4.80. The van der Waals surface area contributed by atoms with Gasteiger partial charge in [-0.2, -0.15) is 5.10 Å². The minimum atomic E-state index is -0.170. The van der Waals surface area contributed by atoms with Gasteiger partial charge < -0.3 is 14.8 Å². The van der Waals surface area contributed by atoms with Crippen LogP contribution in [0, 0.1) is 0 Å². The third-order valence-corrected chi connectivity index (χ3v) is 4.21. The number of hydrogen-bond donors (Lipinski definition) is 2. The van der Waals surface area contributed by atoms with Crippen LogP contribution in [0.2, 0.25) is 0 Å². The molecular formula is C17H22N4O3. The van der Waals surface area contributed by atoms with Gasteiger partial charge in [0.05, 0.1) is 25.0 Å². The molecule has 0 unspecified atom stereocenters. The Morgan fingerprint density at radius 3 is 3.12 bits per heavy atom. The fourth-order valence-electron chi connectivity index (χ4n) is 3.06. The second kappa shape index (κ2) is 7.00. The minimum Gasteiger partial charge on any atom is -0.496 e. The number of fused-ring (bicyclic) bond motifs is 1. The molecule has 3 heterocycles. The first-order valence-corrected chi connectivity index (χ1v) is 8.07. The third-order valence-electron chi connectivity index (χ3n) is 4.21. The van der Waals surface area contributed by atoms with Gasteiger partial charge >= 0.3 is 0 Å². The van der Waals surface area contributed by atoms with Crippen molar-refractivity contribution in [2.24, 2.45) is 0 Å². The zero-order valence-electron chi connectivity index (χ0n) is 14.1. The van der Waals surface area contributed by atoms with Crippen molar-refractivity contribution < 1.29 is 14.3 Å². The number of nitrogens with one attached hydrogen (secondary N) is 2. The number of hydrogen-bond acceptors (Lipinski definition) is 5. The second-order valence-corrected chi connectivity index (χ2v) is 5.95. The summed E-state index contributed by atoms with van der Waals surface area (Å²) in [5.74, 6) is 0.604. The number of methoxy groups -OCH3 is 1. The Morgan fingerprint density at radius 2 is 2.33 bits per heavy atom. The molecule has 1 amide bonds. The first kappa shape index (κ1) is 16.4. The molecule has 0 saturated heterocycles. The van der Waals surface area contributed by atoms with E-state index < -0.39 is 0 Å². The molecule has 0 aliphatic carbocycles. The van der Waals surface area contributed by atoms with Gasteiger partial charge in [-0.15, -0.1) is 0 Å². The summed E-state index contributed by atoms with van der Waals surface area (Å²) in [5.41, 5.74) is 3.27. The van der Waals surface area contributed by atoms with Crippen LogP contribution in [0.15, 0.2) is 18.5 Å². The maximum absolute atomic E-state index is 12.5. The first-order valence-electron chi connectivity index (χ1n) is 8.07. The molecule has 7 heteroatoms. The van der Waals surface area contributed by atoms with Crippen LogP contribution in [0.4, 0.5) is 0 Å². The van der Waals surface area contributed by atoms with Crippen LogP contribution in [0.25, 0.3) is 0 Å². The first-order chi connectivity index (χ1) is 11.6. The van der Waals surface area contributed by atoms with E-state index >= 15 is 0 Å². The molecule has 24 heavy (non-hydrogen) atoms. The number of ether oxygens (including phenoxy) is 2. The smallest absolute Gasteiger partial charge is 0.272 e. The average molecular weight is 330 g/mol. The highest BCUT2D eigenvalue weighted by atomic mass is 16.5. The topological polar surface area (TPSA) is 89.1 Å². The molecule has 1 aliphatic heterocycles. The van der Waals surface area contributed by atoms with Crippen LogP contribution in [0.1, 0.15) is 47.3 Å². The molecular weight excluding hydrogens is 308 g/mol. The fourth-order valence-corrected chi connectivity index (χ4v) is 3.06. The molecule has 1 aliphatic rings. The summed E-state index contributed by atoms with van der Waals surface area (Å²) in [6.45, 7) is 4.45. The number of pyridine rings is 1. The predicted octanol–water partition coefficient (Wildman–Crippen LogP) is 1.81. The van der Waals surface area contributed by atoms with Gasteiger partial charge in [0.2, 0.25) is 0 Å². The Labute approximate surface area is 140 Å². The van der Waals surface area contributed by atoms with Gasteiger partial charge in [-0.25, -0.2) is 0 Å². The number of aromatic amines is 1. The van der Waals surface area contributed by atoms with Crippen molar-refractivity contribution in [3.63, 3.8) is 0 Å². The van der Waals surface area contributed by atoms with Crippen LogP contribution < -0.4 is 10.1 Å². The van der Waals surface area contributed by atoms with Gasteiger partial charge in [0.15, 0.2) is 5.69 Å². The van der Waals surface area contributed by atoms with E-state index in [9.17, 15) is 4.79 Å². The van der Waals surface area contributed by atoms with Crippen molar-refractivity contribution in [3.05, 3.63) is 41.0 Å². The molecule has 0 saturated carbocycles. The molecule has 0 bridgehead atoms. The minimum absolute atomic E-state index is 0.0718. The molecule has 3 rings (SSSR count). The normalized spacial score (nSPS) is 19.6. The van der Waals surface area contributed by atoms with Gasteiger partial charge in [0.1, 0.15) is 5.75 Å². The summed E-state index contributed by atoms with van der Waals surface area (Å²) in [6.07, 6.45) is 4.78. The number of carbonyl (C=O) groups is 1. The summed E-state index contributed by atoms with van der Waals surface area (Å²) in [6, 6.07) is 1.81. The van der Waals surface area contributed by atoms with E-state index in [1.807, 2.05) is 19.9 Å². The van der Waals surface area contributed by atoms with Crippen LogP contribution in [0.5, 0.6) is 5.75 Å². The Bertz CT molecular complexity index is 728. The van der Waals surface area contributed by atoms with Crippen molar-refractivity contribution >= 4 is 5.91 Å². The zero-order chi connectivity index (χ0) is 17.1. The summed E-state index contributed by atoms with van der Waals surface area (Å²) < 4.78 is 11.0. The predicted molar refractivity (Wildman–Crippen MR) is 88.1 cm³/mol. The number of amides is 1. The lowest BCUT2D eigenvalue weighted by molar-refractivity contribution is -0.00697. The molecule has 2 aromatic rings. The summed E-state index contributed by atoms with van der Waals surface area (Å²) in [4.78, 5) is 16.5. The molecule has 2 atom stereocenters. The summed E-state index contributed by atoms with van der Waals surface area (Å²) >= 11 is 0. The fraction of sp³-hybridized carbons (Fsp3) is 0.471. The van der Waals surface area contributed by atoms with Gasteiger partial charge in [-0.1, -0.05) is 0 Å². The van der Waals surface area contributed by atoms with Gasteiger partial charge in [0, 0.05) is 36.5 Å². The van der Waals surface area contributed by atoms with E-state index in [1.54, 1.807) is 19.5 Å². The molecule has 0 aromatic carbocycles. The van der Waals surface area contributed by atoms with Gasteiger partial charge in [-0.3, -0.25) is 14.9 Å². The lowest BCUT2D eigenvalue weighted by Gasteiger charge is -2.25. The highest BCUT2D eigenvalue weighted by Crippen LogP contribution is 2.30. The molecule has 7 nitrogen and oxygen atoms in total. The largest absolute Gasteiger partial charge is 0.496 e. The van der Waals surface area contributed by atoms with Crippen molar-refractivity contribution in [1.29, 1.82) is 0 Å². The lowest BCUT2D eigenvalue weighted by Crippen LogP contribution is -2.29. The van der Waals surface area contributed by atoms with Crippen LogP contribution in [-0.4, -0.2) is 40.8 Å². The summed E-state index contributed by atoms with van der Waals surface area (Å²) in [7, 11) is 1.62. The number of H-pyrrole nitrogens is 1. The highest BCUT2D eigenvalue weighted by Gasteiger charge is 2.29. The van der Waals surface area contributed by atoms with Crippen LogP contribution in [-0.2, 0) is 17.6 Å². The maximum atomic E-state index is 12.5. The van der Waals surface area contributed by atoms with Crippen molar-refractivity contribution in [2.75, 3.05) is 13.7 Å². The van der Waals surface area contributed by atoms with Crippen LogP contribution >= 0.6 is 0 Å². The van der Waals surface area contributed by atoms with E-state index in [-0.39, 0.29) is 18.1 Å². The number of nitrogens with zero attached hydrogens (tertiary/aromatic N) is 2. The quantitative estimate of drug-likeness (QED) is 0.873. The third kappa shape index (κ3) is 3.26. The molecule has 0 fully saturated rings. The molecule has 0 radical (unpaired) electrons. The van der Waals surface area contributed by atoms with Crippen molar-refractivity contribution in [1.82, 2.24) is 20.5 Å². The van der Waals surface area contributed by atoms with E-state index in [0.29, 0.717) is 25.1 Å². The Balaban J connectivity index is 1.64.